The Kier molecular flexibility index (Phi) is 7.06. The molecule has 0 heterocycles. The third-order valence-electron chi connectivity index (χ3n) is 3.29. The second-order valence-corrected chi connectivity index (χ2v) is 5.17. The lowest BCUT2D eigenvalue weighted by molar-refractivity contribution is -0.130. The monoisotopic (exact) mass is 302 g/mol. The first-order chi connectivity index (χ1) is 10.5. The standard InChI is InChI=1S/C16H22N4O2/c1-18-16(22)14-7-5-13(6-8-14)11-19(2)12-15(21)20(3)10-4-9-17/h5-8H,4,10-12H2,1-3H3,(H,18,22). The lowest BCUT2D eigenvalue weighted by atomic mass is 10.1. The number of carbonyl (C=O) groups is 2. The van der Waals surface area contributed by atoms with Crippen molar-refractivity contribution >= 4 is 11.8 Å². The van der Waals surface area contributed by atoms with Crippen molar-refractivity contribution in [2.75, 3.05) is 34.2 Å². The Morgan fingerprint density at radius 2 is 1.86 bits per heavy atom. The van der Waals surface area contributed by atoms with Crippen molar-refractivity contribution in [3.63, 3.8) is 0 Å². The van der Waals surface area contributed by atoms with Crippen molar-refractivity contribution in [1.82, 2.24) is 15.1 Å². The molecule has 0 spiro atoms. The third-order valence-corrected chi connectivity index (χ3v) is 3.29. The Bertz CT molecular complexity index is 548. The van der Waals surface area contributed by atoms with Gasteiger partial charge >= 0.3 is 0 Å². The van der Waals surface area contributed by atoms with Crippen LogP contribution in [-0.2, 0) is 11.3 Å². The maximum Gasteiger partial charge on any atom is 0.251 e. The van der Waals surface area contributed by atoms with Crippen LogP contribution in [0.25, 0.3) is 0 Å². The van der Waals surface area contributed by atoms with E-state index < -0.39 is 0 Å². The van der Waals surface area contributed by atoms with Gasteiger partial charge in [-0.25, -0.2) is 0 Å². The van der Waals surface area contributed by atoms with Crippen LogP contribution in [-0.4, -0.2) is 55.8 Å². The molecule has 0 bridgehead atoms. The quantitative estimate of drug-likeness (QED) is 0.810. The van der Waals surface area contributed by atoms with Crippen molar-refractivity contribution in [3.8, 4) is 6.07 Å². The second kappa shape index (κ2) is 8.80. The molecule has 0 radical (unpaired) electrons. The highest BCUT2D eigenvalue weighted by atomic mass is 16.2. The SMILES string of the molecule is CNC(=O)c1ccc(CN(C)CC(=O)N(C)CCC#N)cc1. The topological polar surface area (TPSA) is 76.4 Å². The number of nitrogens with one attached hydrogen (secondary N) is 1. The van der Waals surface area contributed by atoms with Gasteiger partial charge in [0.25, 0.3) is 5.91 Å². The van der Waals surface area contributed by atoms with Crippen LogP contribution in [0.3, 0.4) is 0 Å². The number of amides is 2. The van der Waals surface area contributed by atoms with Gasteiger partial charge in [0.15, 0.2) is 0 Å². The molecule has 0 aliphatic carbocycles. The molecule has 1 rings (SSSR count). The van der Waals surface area contributed by atoms with E-state index in [-0.39, 0.29) is 11.8 Å². The summed E-state index contributed by atoms with van der Waals surface area (Å²) in [5, 5.41) is 11.1. The van der Waals surface area contributed by atoms with Gasteiger partial charge in [0, 0.05) is 32.7 Å². The van der Waals surface area contributed by atoms with E-state index in [0.29, 0.717) is 31.6 Å². The summed E-state index contributed by atoms with van der Waals surface area (Å²) in [6.45, 7) is 1.36. The summed E-state index contributed by atoms with van der Waals surface area (Å²) < 4.78 is 0. The molecule has 0 unspecified atom stereocenters. The first kappa shape index (κ1) is 17.7. The fourth-order valence-corrected chi connectivity index (χ4v) is 1.97. The van der Waals surface area contributed by atoms with Crippen LogP contribution in [0.15, 0.2) is 24.3 Å². The van der Waals surface area contributed by atoms with Gasteiger partial charge in [-0.05, 0) is 24.7 Å². The van der Waals surface area contributed by atoms with Gasteiger partial charge in [0.1, 0.15) is 0 Å². The number of rotatable bonds is 7. The Balaban J connectivity index is 2.51. The molecule has 6 heteroatoms. The third kappa shape index (κ3) is 5.54. The number of benzene rings is 1. The van der Waals surface area contributed by atoms with E-state index in [9.17, 15) is 9.59 Å². The van der Waals surface area contributed by atoms with E-state index in [2.05, 4.69) is 5.32 Å². The first-order valence-corrected chi connectivity index (χ1v) is 7.08. The summed E-state index contributed by atoms with van der Waals surface area (Å²) in [6, 6.07) is 9.32. The summed E-state index contributed by atoms with van der Waals surface area (Å²) in [6.07, 6.45) is 0.340. The molecule has 0 atom stereocenters. The molecule has 118 valence electrons. The van der Waals surface area contributed by atoms with E-state index >= 15 is 0 Å². The van der Waals surface area contributed by atoms with Crippen LogP contribution in [0, 0.1) is 11.3 Å². The number of hydrogen-bond acceptors (Lipinski definition) is 4. The van der Waals surface area contributed by atoms with Crippen molar-refractivity contribution < 1.29 is 9.59 Å². The van der Waals surface area contributed by atoms with Gasteiger partial charge in [-0.15, -0.1) is 0 Å². The number of carbonyl (C=O) groups excluding carboxylic acids is 2. The van der Waals surface area contributed by atoms with Crippen molar-refractivity contribution in [3.05, 3.63) is 35.4 Å². The molecule has 22 heavy (non-hydrogen) atoms. The molecule has 0 fully saturated rings. The minimum Gasteiger partial charge on any atom is -0.355 e. The summed E-state index contributed by atoms with van der Waals surface area (Å²) in [4.78, 5) is 26.9. The van der Waals surface area contributed by atoms with Crippen LogP contribution < -0.4 is 5.32 Å². The fourth-order valence-electron chi connectivity index (χ4n) is 1.97. The fraction of sp³-hybridized carbons (Fsp3) is 0.438. The minimum absolute atomic E-state index is 0.0141. The number of hydrogen-bond donors (Lipinski definition) is 1. The van der Waals surface area contributed by atoms with Crippen LogP contribution in [0.2, 0.25) is 0 Å². The van der Waals surface area contributed by atoms with Gasteiger partial charge in [-0.1, -0.05) is 12.1 Å². The van der Waals surface area contributed by atoms with Gasteiger partial charge in [0.2, 0.25) is 5.91 Å². The van der Waals surface area contributed by atoms with Gasteiger partial charge in [0.05, 0.1) is 19.0 Å². The smallest absolute Gasteiger partial charge is 0.251 e. The zero-order valence-corrected chi connectivity index (χ0v) is 13.3. The van der Waals surface area contributed by atoms with E-state index in [1.54, 1.807) is 31.1 Å². The Hall–Kier alpha value is -2.39. The molecule has 0 saturated heterocycles. The normalized spacial score (nSPS) is 10.1. The predicted octanol–water partition coefficient (Wildman–Crippen LogP) is 0.850. The Labute approximate surface area is 131 Å². The molecular weight excluding hydrogens is 280 g/mol. The predicted molar refractivity (Wildman–Crippen MR) is 84.0 cm³/mol. The maximum atomic E-state index is 12.0. The lowest BCUT2D eigenvalue weighted by Gasteiger charge is -2.21. The van der Waals surface area contributed by atoms with Crippen molar-refractivity contribution in [2.45, 2.75) is 13.0 Å². The second-order valence-electron chi connectivity index (χ2n) is 5.17. The summed E-state index contributed by atoms with van der Waals surface area (Å²) >= 11 is 0. The van der Waals surface area contributed by atoms with Crippen LogP contribution in [0.4, 0.5) is 0 Å². The summed E-state index contributed by atoms with van der Waals surface area (Å²) in [7, 11) is 5.16. The molecule has 1 aromatic rings. The van der Waals surface area contributed by atoms with Crippen molar-refractivity contribution in [1.29, 1.82) is 5.26 Å². The number of likely N-dealkylation sites (N-methyl/N-ethyl adjacent to an activating group) is 2. The Morgan fingerprint density at radius 3 is 2.41 bits per heavy atom. The summed E-state index contributed by atoms with van der Waals surface area (Å²) in [5.41, 5.74) is 1.64. The average molecular weight is 302 g/mol. The molecule has 2 amide bonds. The first-order valence-electron chi connectivity index (χ1n) is 7.08. The largest absolute Gasteiger partial charge is 0.355 e. The Morgan fingerprint density at radius 1 is 1.23 bits per heavy atom. The van der Waals surface area contributed by atoms with Gasteiger partial charge in [-0.2, -0.15) is 5.26 Å². The van der Waals surface area contributed by atoms with E-state index in [4.69, 9.17) is 5.26 Å². The maximum absolute atomic E-state index is 12.0. The number of nitrogens with zero attached hydrogens (tertiary/aromatic N) is 3. The van der Waals surface area contributed by atoms with Crippen LogP contribution in [0.1, 0.15) is 22.3 Å². The zero-order valence-electron chi connectivity index (χ0n) is 13.3. The lowest BCUT2D eigenvalue weighted by Crippen LogP contribution is -2.36. The van der Waals surface area contributed by atoms with Gasteiger partial charge < -0.3 is 10.2 Å². The minimum atomic E-state index is -0.116. The molecule has 0 aliphatic heterocycles. The highest BCUT2D eigenvalue weighted by molar-refractivity contribution is 5.93. The van der Waals surface area contributed by atoms with Crippen LogP contribution in [0.5, 0.6) is 0 Å². The molecule has 0 saturated carbocycles. The summed E-state index contributed by atoms with van der Waals surface area (Å²) in [5.74, 6) is -0.131. The molecule has 0 aliphatic rings. The molecular formula is C16H22N4O2. The highest BCUT2D eigenvalue weighted by Crippen LogP contribution is 2.07. The highest BCUT2D eigenvalue weighted by Gasteiger charge is 2.12. The molecule has 1 N–H and O–H groups in total. The van der Waals surface area contributed by atoms with Crippen molar-refractivity contribution in [2.24, 2.45) is 0 Å². The molecule has 0 aromatic heterocycles. The molecule has 1 aromatic carbocycles. The average Bonchev–Trinajstić information content (AvgIpc) is 2.52. The van der Waals surface area contributed by atoms with E-state index in [1.807, 2.05) is 30.1 Å². The van der Waals surface area contributed by atoms with E-state index in [0.717, 1.165) is 5.56 Å². The van der Waals surface area contributed by atoms with Crippen LogP contribution >= 0.6 is 0 Å². The zero-order chi connectivity index (χ0) is 16.5. The van der Waals surface area contributed by atoms with E-state index in [1.165, 1.54) is 0 Å². The molecule has 6 nitrogen and oxygen atoms in total. The number of nitriles is 1. The van der Waals surface area contributed by atoms with Gasteiger partial charge in [-0.3, -0.25) is 14.5 Å².